The van der Waals surface area contributed by atoms with E-state index < -0.39 is 0 Å². The summed E-state index contributed by atoms with van der Waals surface area (Å²) < 4.78 is 16.8. The molecule has 3 aliphatic rings. The minimum Gasteiger partial charge on any atom is -0.486 e. The molecule has 0 aliphatic carbocycles. The number of fused-ring (bicyclic) bond motifs is 1. The Morgan fingerprint density at radius 2 is 2.00 bits per heavy atom. The summed E-state index contributed by atoms with van der Waals surface area (Å²) in [6.07, 6.45) is 3.21. The zero-order valence-electron chi connectivity index (χ0n) is 15.4. The van der Waals surface area contributed by atoms with Crippen LogP contribution in [0.1, 0.15) is 24.8 Å². The lowest BCUT2D eigenvalue weighted by molar-refractivity contribution is 0.0467. The third-order valence-corrected chi connectivity index (χ3v) is 5.61. The number of hydrogen-bond donors (Lipinski definition) is 0. The normalized spacial score (nSPS) is 23.1. The van der Waals surface area contributed by atoms with Crippen LogP contribution < -0.4 is 9.47 Å². The number of benzene rings is 1. The van der Waals surface area contributed by atoms with Gasteiger partial charge in [0.2, 0.25) is 0 Å². The highest BCUT2D eigenvalue weighted by Gasteiger charge is 2.28. The SMILES string of the molecule is N#Cc1ccc2c(c1)OCC(CN1CCC(CCN3CCOC3=O)CC1)O2. The van der Waals surface area contributed by atoms with E-state index in [0.29, 0.717) is 30.4 Å². The number of piperidine rings is 1. The Balaban J connectivity index is 1.20. The van der Waals surface area contributed by atoms with E-state index >= 15 is 0 Å². The summed E-state index contributed by atoms with van der Waals surface area (Å²) in [4.78, 5) is 15.7. The number of ether oxygens (including phenoxy) is 3. The van der Waals surface area contributed by atoms with Crippen LogP contribution in [0.15, 0.2) is 18.2 Å². The molecule has 0 saturated carbocycles. The van der Waals surface area contributed by atoms with Crippen LogP contribution in [0.3, 0.4) is 0 Å². The quantitative estimate of drug-likeness (QED) is 0.790. The van der Waals surface area contributed by atoms with E-state index in [-0.39, 0.29) is 12.2 Å². The largest absolute Gasteiger partial charge is 0.486 e. The molecule has 1 aromatic rings. The van der Waals surface area contributed by atoms with Crippen molar-refractivity contribution < 1.29 is 19.0 Å². The molecule has 0 radical (unpaired) electrons. The first-order chi connectivity index (χ1) is 13.2. The third-order valence-electron chi connectivity index (χ3n) is 5.61. The molecule has 2 saturated heterocycles. The molecule has 1 aromatic carbocycles. The lowest BCUT2D eigenvalue weighted by Crippen LogP contribution is -2.44. The third kappa shape index (κ3) is 4.28. The molecule has 27 heavy (non-hydrogen) atoms. The average molecular weight is 371 g/mol. The number of nitrogens with zero attached hydrogens (tertiary/aromatic N) is 3. The molecule has 0 spiro atoms. The number of hydrogen-bond acceptors (Lipinski definition) is 6. The van der Waals surface area contributed by atoms with Gasteiger partial charge in [0.1, 0.15) is 19.3 Å². The van der Waals surface area contributed by atoms with E-state index in [0.717, 1.165) is 57.7 Å². The summed E-state index contributed by atoms with van der Waals surface area (Å²) >= 11 is 0. The van der Waals surface area contributed by atoms with Crippen molar-refractivity contribution in [1.29, 1.82) is 5.26 Å². The summed E-state index contributed by atoms with van der Waals surface area (Å²) in [6, 6.07) is 7.42. The first-order valence-electron chi connectivity index (χ1n) is 9.69. The smallest absolute Gasteiger partial charge is 0.409 e. The fraction of sp³-hybridized carbons (Fsp3) is 0.600. The van der Waals surface area contributed by atoms with E-state index in [9.17, 15) is 4.79 Å². The highest BCUT2D eigenvalue weighted by atomic mass is 16.6. The van der Waals surface area contributed by atoms with E-state index in [2.05, 4.69) is 11.0 Å². The lowest BCUT2D eigenvalue weighted by atomic mass is 9.93. The van der Waals surface area contributed by atoms with E-state index in [1.807, 2.05) is 11.0 Å². The van der Waals surface area contributed by atoms with Gasteiger partial charge in [-0.15, -0.1) is 0 Å². The summed E-state index contributed by atoms with van der Waals surface area (Å²) in [7, 11) is 0. The molecule has 1 amide bonds. The number of cyclic esters (lactones) is 1. The van der Waals surface area contributed by atoms with Gasteiger partial charge in [-0.2, -0.15) is 5.26 Å². The minimum absolute atomic E-state index is 0.0151. The van der Waals surface area contributed by atoms with Gasteiger partial charge in [0.05, 0.1) is 18.2 Å². The van der Waals surface area contributed by atoms with Crippen LogP contribution >= 0.6 is 0 Å². The summed E-state index contributed by atoms with van der Waals surface area (Å²) in [6.45, 7) is 5.54. The maximum Gasteiger partial charge on any atom is 0.409 e. The molecule has 0 bridgehead atoms. The van der Waals surface area contributed by atoms with Crippen LogP contribution in [0, 0.1) is 17.2 Å². The van der Waals surface area contributed by atoms with Crippen molar-refractivity contribution in [2.75, 3.05) is 45.9 Å². The van der Waals surface area contributed by atoms with Gasteiger partial charge in [0, 0.05) is 19.2 Å². The zero-order valence-corrected chi connectivity index (χ0v) is 15.4. The monoisotopic (exact) mass is 371 g/mol. The van der Waals surface area contributed by atoms with Crippen molar-refractivity contribution in [3.8, 4) is 17.6 Å². The fourth-order valence-corrected chi connectivity index (χ4v) is 3.99. The van der Waals surface area contributed by atoms with Crippen molar-refractivity contribution in [2.24, 2.45) is 5.92 Å². The minimum atomic E-state index is -0.163. The van der Waals surface area contributed by atoms with E-state index in [1.54, 1.807) is 12.1 Å². The van der Waals surface area contributed by atoms with Crippen molar-refractivity contribution >= 4 is 6.09 Å². The average Bonchev–Trinajstić information content (AvgIpc) is 3.12. The number of amides is 1. The summed E-state index contributed by atoms with van der Waals surface area (Å²) in [5.74, 6) is 2.05. The van der Waals surface area contributed by atoms with Gasteiger partial charge >= 0.3 is 6.09 Å². The van der Waals surface area contributed by atoms with E-state index in [4.69, 9.17) is 19.5 Å². The van der Waals surface area contributed by atoms with Crippen LogP contribution in [0.5, 0.6) is 11.5 Å². The topological polar surface area (TPSA) is 75.0 Å². The summed E-state index contributed by atoms with van der Waals surface area (Å²) in [5.41, 5.74) is 0.583. The predicted molar refractivity (Wildman–Crippen MR) is 97.8 cm³/mol. The molecule has 2 fully saturated rings. The second-order valence-electron chi connectivity index (χ2n) is 7.46. The number of likely N-dealkylation sites (tertiary alicyclic amines) is 1. The molecule has 3 heterocycles. The standard InChI is InChI=1S/C20H25N3O4/c21-12-16-1-2-18-19(11-16)26-14-17(27-18)13-22-6-3-15(4-7-22)5-8-23-9-10-25-20(23)24/h1-2,11,15,17H,3-10,13-14H2. The van der Waals surface area contributed by atoms with Crippen LogP contribution in [-0.4, -0.2) is 67.9 Å². The number of carbonyl (C=O) groups excluding carboxylic acids is 1. The van der Waals surface area contributed by atoms with Crippen LogP contribution in [0.25, 0.3) is 0 Å². The van der Waals surface area contributed by atoms with Gasteiger partial charge in [-0.1, -0.05) is 0 Å². The fourth-order valence-electron chi connectivity index (χ4n) is 3.99. The first kappa shape index (κ1) is 17.9. The van der Waals surface area contributed by atoms with Crippen LogP contribution in [0.2, 0.25) is 0 Å². The van der Waals surface area contributed by atoms with E-state index in [1.165, 1.54) is 0 Å². The van der Waals surface area contributed by atoms with Gasteiger partial charge in [0.15, 0.2) is 11.5 Å². The molecule has 4 rings (SSSR count). The van der Waals surface area contributed by atoms with Gasteiger partial charge in [-0.3, -0.25) is 4.90 Å². The van der Waals surface area contributed by atoms with Crippen molar-refractivity contribution in [3.05, 3.63) is 23.8 Å². The second kappa shape index (κ2) is 8.05. The zero-order chi connectivity index (χ0) is 18.6. The maximum atomic E-state index is 11.5. The predicted octanol–water partition coefficient (Wildman–Crippen LogP) is 2.25. The maximum absolute atomic E-state index is 11.5. The molecular formula is C20H25N3O4. The van der Waals surface area contributed by atoms with Crippen molar-refractivity contribution in [2.45, 2.75) is 25.4 Å². The van der Waals surface area contributed by atoms with Gasteiger partial charge in [-0.05, 0) is 50.4 Å². The molecule has 7 nitrogen and oxygen atoms in total. The highest BCUT2D eigenvalue weighted by molar-refractivity contribution is 5.69. The molecule has 0 aromatic heterocycles. The Labute approximate surface area is 159 Å². The molecule has 7 heteroatoms. The molecule has 3 aliphatic heterocycles. The Morgan fingerprint density at radius 3 is 2.74 bits per heavy atom. The molecular weight excluding hydrogens is 346 g/mol. The summed E-state index contributed by atoms with van der Waals surface area (Å²) in [5, 5.41) is 8.96. The first-order valence-corrected chi connectivity index (χ1v) is 9.69. The molecule has 144 valence electrons. The van der Waals surface area contributed by atoms with Crippen LogP contribution in [-0.2, 0) is 4.74 Å². The highest BCUT2D eigenvalue weighted by Crippen LogP contribution is 2.33. The van der Waals surface area contributed by atoms with Gasteiger partial charge in [-0.25, -0.2) is 4.79 Å². The van der Waals surface area contributed by atoms with Gasteiger partial charge < -0.3 is 19.1 Å². The van der Waals surface area contributed by atoms with Crippen molar-refractivity contribution in [3.63, 3.8) is 0 Å². The molecule has 1 atom stereocenters. The Kier molecular flexibility index (Phi) is 5.35. The van der Waals surface area contributed by atoms with Crippen LogP contribution in [0.4, 0.5) is 4.79 Å². The number of carbonyl (C=O) groups is 1. The van der Waals surface area contributed by atoms with Gasteiger partial charge in [0.25, 0.3) is 0 Å². The Bertz CT molecular complexity index is 724. The Morgan fingerprint density at radius 1 is 1.15 bits per heavy atom. The molecule has 0 N–H and O–H groups in total. The molecule has 1 unspecified atom stereocenters. The van der Waals surface area contributed by atoms with Crippen molar-refractivity contribution in [1.82, 2.24) is 9.80 Å². The second-order valence-corrected chi connectivity index (χ2v) is 7.46. The lowest BCUT2D eigenvalue weighted by Gasteiger charge is -2.36. The Hall–Kier alpha value is -2.46. The number of nitriles is 1. The number of rotatable bonds is 5.